The summed E-state index contributed by atoms with van der Waals surface area (Å²) in [5.41, 5.74) is 2.38. The van der Waals surface area contributed by atoms with Crippen molar-refractivity contribution in [3.63, 3.8) is 0 Å². The Morgan fingerprint density at radius 2 is 1.90 bits per heavy atom. The number of halogens is 1. The van der Waals surface area contributed by atoms with Gasteiger partial charge in [-0.2, -0.15) is 0 Å². The number of hydrogen-bond acceptors (Lipinski definition) is 3. The molecule has 0 fully saturated rings. The largest absolute Gasteiger partial charge is 0.309 e. The molecule has 3 nitrogen and oxygen atoms in total. The average molecular weight is 334 g/mol. The first kappa shape index (κ1) is 15.2. The van der Waals surface area contributed by atoms with Gasteiger partial charge in [0.2, 0.25) is 0 Å². The highest BCUT2D eigenvalue weighted by molar-refractivity contribution is 9.10. The maximum absolute atomic E-state index is 4.37. The van der Waals surface area contributed by atoms with Gasteiger partial charge < -0.3 is 10.2 Å². The van der Waals surface area contributed by atoms with Gasteiger partial charge in [-0.1, -0.05) is 30.3 Å². The zero-order valence-electron chi connectivity index (χ0n) is 11.9. The van der Waals surface area contributed by atoms with E-state index in [4.69, 9.17) is 0 Å². The van der Waals surface area contributed by atoms with Crippen molar-refractivity contribution in [2.24, 2.45) is 0 Å². The predicted molar refractivity (Wildman–Crippen MR) is 86.5 cm³/mol. The summed E-state index contributed by atoms with van der Waals surface area (Å²) in [5.74, 6) is 0. The number of benzene rings is 1. The van der Waals surface area contributed by atoms with Crippen LogP contribution in [-0.4, -0.2) is 30.5 Å². The lowest BCUT2D eigenvalue weighted by Crippen LogP contribution is -2.30. The highest BCUT2D eigenvalue weighted by Gasteiger charge is 2.12. The van der Waals surface area contributed by atoms with E-state index in [0.717, 1.165) is 23.3 Å². The summed E-state index contributed by atoms with van der Waals surface area (Å²) < 4.78 is 1.01. The molecule has 0 radical (unpaired) electrons. The summed E-state index contributed by atoms with van der Waals surface area (Å²) in [6, 6.07) is 15.0. The van der Waals surface area contributed by atoms with E-state index in [9.17, 15) is 0 Å². The van der Waals surface area contributed by atoms with Gasteiger partial charge in [-0.25, -0.2) is 0 Å². The Balaban J connectivity index is 1.91. The van der Waals surface area contributed by atoms with E-state index < -0.39 is 0 Å². The van der Waals surface area contributed by atoms with Crippen LogP contribution in [0.2, 0.25) is 0 Å². The summed E-state index contributed by atoms with van der Waals surface area (Å²) in [6.45, 7) is 1.68. The normalized spacial score (nSPS) is 12.6. The first-order valence-corrected chi connectivity index (χ1v) is 7.48. The third kappa shape index (κ3) is 4.40. The molecule has 2 rings (SSSR count). The zero-order valence-corrected chi connectivity index (χ0v) is 13.5. The lowest BCUT2D eigenvalue weighted by atomic mass is 10.1. The number of likely N-dealkylation sites (N-methyl/N-ethyl adjacent to an activating group) is 1. The van der Waals surface area contributed by atoms with E-state index in [2.05, 4.69) is 75.6 Å². The molecule has 0 aliphatic carbocycles. The van der Waals surface area contributed by atoms with Crippen molar-refractivity contribution in [1.29, 1.82) is 0 Å². The highest BCUT2D eigenvalue weighted by Crippen LogP contribution is 2.16. The fraction of sp³-hybridized carbons (Fsp3) is 0.312. The van der Waals surface area contributed by atoms with Crippen LogP contribution in [0.3, 0.4) is 0 Å². The van der Waals surface area contributed by atoms with Gasteiger partial charge in [-0.3, -0.25) is 4.98 Å². The minimum absolute atomic E-state index is 0.367. The first-order valence-electron chi connectivity index (χ1n) is 6.69. The van der Waals surface area contributed by atoms with E-state index in [-0.39, 0.29) is 0 Å². The Morgan fingerprint density at radius 3 is 2.50 bits per heavy atom. The zero-order chi connectivity index (χ0) is 14.4. The number of pyridine rings is 1. The molecule has 106 valence electrons. The van der Waals surface area contributed by atoms with E-state index >= 15 is 0 Å². The van der Waals surface area contributed by atoms with Crippen molar-refractivity contribution in [2.45, 2.75) is 12.6 Å². The van der Waals surface area contributed by atoms with Crippen LogP contribution in [-0.2, 0) is 6.54 Å². The maximum Gasteiger partial charge on any atom is 0.0542 e. The van der Waals surface area contributed by atoms with Gasteiger partial charge >= 0.3 is 0 Å². The average Bonchev–Trinajstić information content (AvgIpc) is 2.46. The molecule has 1 N–H and O–H groups in total. The van der Waals surface area contributed by atoms with Gasteiger partial charge in [-0.15, -0.1) is 0 Å². The summed E-state index contributed by atoms with van der Waals surface area (Å²) in [5, 5.41) is 3.48. The van der Waals surface area contributed by atoms with Crippen LogP contribution < -0.4 is 5.32 Å². The van der Waals surface area contributed by atoms with Gasteiger partial charge in [0.15, 0.2) is 0 Å². The van der Waals surface area contributed by atoms with Gasteiger partial charge in [0.25, 0.3) is 0 Å². The molecule has 1 unspecified atom stereocenters. The number of nitrogens with zero attached hydrogens (tertiary/aromatic N) is 2. The van der Waals surface area contributed by atoms with Crippen molar-refractivity contribution in [2.75, 3.05) is 20.6 Å². The topological polar surface area (TPSA) is 28.2 Å². The highest BCUT2D eigenvalue weighted by atomic mass is 79.9. The maximum atomic E-state index is 4.37. The molecule has 0 spiro atoms. The van der Waals surface area contributed by atoms with Crippen molar-refractivity contribution < 1.29 is 0 Å². The predicted octanol–water partition coefficient (Wildman–Crippen LogP) is 3.24. The molecule has 1 heterocycles. The lowest BCUT2D eigenvalue weighted by Gasteiger charge is -2.25. The minimum atomic E-state index is 0.367. The second-order valence-electron chi connectivity index (χ2n) is 4.99. The van der Waals surface area contributed by atoms with Crippen molar-refractivity contribution in [1.82, 2.24) is 15.2 Å². The van der Waals surface area contributed by atoms with Crippen molar-refractivity contribution in [3.05, 3.63) is 64.4 Å². The third-order valence-corrected chi connectivity index (χ3v) is 3.71. The number of aromatic nitrogens is 1. The Labute approximate surface area is 129 Å². The quantitative estimate of drug-likeness (QED) is 0.879. The van der Waals surface area contributed by atoms with Crippen LogP contribution in [0.15, 0.2) is 53.1 Å². The van der Waals surface area contributed by atoms with Crippen LogP contribution in [0, 0.1) is 0 Å². The van der Waals surface area contributed by atoms with Gasteiger partial charge in [0.05, 0.1) is 5.69 Å². The Kier molecular flexibility index (Phi) is 5.71. The van der Waals surface area contributed by atoms with Gasteiger partial charge in [0.1, 0.15) is 0 Å². The fourth-order valence-electron chi connectivity index (χ4n) is 2.12. The number of nitrogens with one attached hydrogen (secondary N) is 1. The number of rotatable bonds is 6. The Hall–Kier alpha value is -1.23. The van der Waals surface area contributed by atoms with Crippen LogP contribution in [0.5, 0.6) is 0 Å². The Morgan fingerprint density at radius 1 is 1.15 bits per heavy atom. The van der Waals surface area contributed by atoms with Gasteiger partial charge in [0, 0.05) is 29.8 Å². The van der Waals surface area contributed by atoms with Crippen LogP contribution in [0.1, 0.15) is 17.3 Å². The molecule has 0 saturated heterocycles. The molecule has 1 aromatic heterocycles. The van der Waals surface area contributed by atoms with Crippen LogP contribution >= 0.6 is 15.9 Å². The molecule has 4 heteroatoms. The fourth-order valence-corrected chi connectivity index (χ4v) is 2.36. The molecule has 2 aromatic rings. The molecule has 0 aliphatic heterocycles. The Bertz CT molecular complexity index is 511. The van der Waals surface area contributed by atoms with E-state index in [1.54, 1.807) is 0 Å². The van der Waals surface area contributed by atoms with Crippen LogP contribution in [0.4, 0.5) is 0 Å². The smallest absolute Gasteiger partial charge is 0.0542 e. The summed E-state index contributed by atoms with van der Waals surface area (Å²) in [4.78, 5) is 6.60. The molecule has 0 bridgehead atoms. The molecular formula is C16H20BrN3. The molecule has 0 saturated carbocycles. The lowest BCUT2D eigenvalue weighted by molar-refractivity contribution is 0.288. The molecule has 1 aromatic carbocycles. The summed E-state index contributed by atoms with van der Waals surface area (Å²) in [6.07, 6.45) is 1.83. The third-order valence-electron chi connectivity index (χ3n) is 3.24. The minimum Gasteiger partial charge on any atom is -0.309 e. The molecule has 1 atom stereocenters. The molecular weight excluding hydrogens is 314 g/mol. The standard InChI is InChI=1S/C16H20BrN3/c1-20(2)16(13-6-4-3-5-7-13)12-18-11-15-9-8-14(17)10-19-15/h3-10,16,18H,11-12H2,1-2H3. The molecule has 0 aliphatic rings. The monoisotopic (exact) mass is 333 g/mol. The number of hydrogen-bond donors (Lipinski definition) is 1. The van der Waals surface area contributed by atoms with Crippen molar-refractivity contribution >= 4 is 15.9 Å². The second kappa shape index (κ2) is 7.53. The van der Waals surface area contributed by atoms with E-state index in [1.165, 1.54) is 5.56 Å². The molecule has 0 amide bonds. The van der Waals surface area contributed by atoms with Crippen molar-refractivity contribution in [3.8, 4) is 0 Å². The first-order chi connectivity index (χ1) is 9.66. The second-order valence-corrected chi connectivity index (χ2v) is 5.90. The summed E-state index contributed by atoms with van der Waals surface area (Å²) in [7, 11) is 4.22. The van der Waals surface area contributed by atoms with E-state index in [1.807, 2.05) is 18.3 Å². The SMILES string of the molecule is CN(C)C(CNCc1ccc(Br)cn1)c1ccccc1. The molecule has 20 heavy (non-hydrogen) atoms. The van der Waals surface area contributed by atoms with E-state index in [0.29, 0.717) is 6.04 Å². The van der Waals surface area contributed by atoms with Crippen LogP contribution in [0.25, 0.3) is 0 Å². The summed E-state index contributed by atoms with van der Waals surface area (Å²) >= 11 is 3.40. The van der Waals surface area contributed by atoms with Gasteiger partial charge in [-0.05, 0) is 47.7 Å².